The molecule has 0 radical (unpaired) electrons. The molecule has 0 bridgehead atoms. The van der Waals surface area contributed by atoms with Crippen LogP contribution in [0.1, 0.15) is 33.6 Å². The van der Waals surface area contributed by atoms with Gasteiger partial charge in [0.05, 0.1) is 12.1 Å². The molecule has 2 heteroatoms. The molecule has 2 rings (SSSR count). The molecule has 0 aromatic carbocycles. The fourth-order valence-corrected chi connectivity index (χ4v) is 2.54. The first-order valence-corrected chi connectivity index (χ1v) is 4.83. The van der Waals surface area contributed by atoms with E-state index in [1.165, 1.54) is 6.42 Å². The Balaban J connectivity index is 2.17. The Morgan fingerprint density at radius 1 is 1.50 bits per heavy atom. The molecule has 1 aliphatic carbocycles. The smallest absolute Gasteiger partial charge is 0.180 e. The summed E-state index contributed by atoms with van der Waals surface area (Å²) in [6.45, 7) is 7.47. The second-order valence-electron chi connectivity index (χ2n) is 4.30. The zero-order valence-electron chi connectivity index (χ0n) is 8.13. The van der Waals surface area contributed by atoms with Crippen molar-refractivity contribution in [2.45, 2.75) is 39.2 Å². The second-order valence-corrected chi connectivity index (χ2v) is 4.30. The van der Waals surface area contributed by atoms with Gasteiger partial charge in [-0.3, -0.25) is 0 Å². The fourth-order valence-electron chi connectivity index (χ4n) is 2.54. The molecular formula is C10H17NO. The van der Waals surface area contributed by atoms with Crippen LogP contribution in [0.5, 0.6) is 0 Å². The fraction of sp³-hybridized carbons (Fsp3) is 0.900. The number of rotatable bonds is 0. The normalized spacial score (nSPS) is 46.4. The van der Waals surface area contributed by atoms with E-state index in [9.17, 15) is 0 Å². The molecule has 3 unspecified atom stereocenters. The Morgan fingerprint density at radius 2 is 2.25 bits per heavy atom. The third kappa shape index (κ3) is 0.970. The first-order chi connectivity index (χ1) is 5.64. The van der Waals surface area contributed by atoms with Gasteiger partial charge in [-0.15, -0.1) is 0 Å². The first-order valence-electron chi connectivity index (χ1n) is 4.83. The minimum atomic E-state index is 0.266. The Labute approximate surface area is 74.0 Å². The predicted octanol–water partition coefficient (Wildman–Crippen LogP) is 2.24. The number of nitrogens with zero attached hydrogens (tertiary/aromatic N) is 1. The standard InChI is InChI=1S/C10H17NO/c1-7-6-10(8(7)2)4-5-12-9(3)11-10/h7-8H,4-6H2,1-3H3. The SMILES string of the molecule is CC1=NC2(CCO1)CC(C)C2C. The van der Waals surface area contributed by atoms with Gasteiger partial charge < -0.3 is 4.74 Å². The van der Waals surface area contributed by atoms with Gasteiger partial charge in [-0.2, -0.15) is 0 Å². The van der Waals surface area contributed by atoms with Crippen LogP contribution in [0.4, 0.5) is 0 Å². The van der Waals surface area contributed by atoms with Crippen molar-refractivity contribution < 1.29 is 4.74 Å². The zero-order valence-corrected chi connectivity index (χ0v) is 8.13. The van der Waals surface area contributed by atoms with Crippen LogP contribution < -0.4 is 0 Å². The average Bonchev–Trinajstić information content (AvgIpc) is 2.04. The van der Waals surface area contributed by atoms with Crippen molar-refractivity contribution in [2.24, 2.45) is 16.8 Å². The van der Waals surface area contributed by atoms with E-state index in [-0.39, 0.29) is 5.54 Å². The van der Waals surface area contributed by atoms with Crippen LogP contribution in [-0.2, 0) is 4.74 Å². The van der Waals surface area contributed by atoms with Gasteiger partial charge in [0, 0.05) is 13.3 Å². The van der Waals surface area contributed by atoms with Gasteiger partial charge in [-0.25, -0.2) is 4.99 Å². The molecular weight excluding hydrogens is 150 g/mol. The van der Waals surface area contributed by atoms with Crippen molar-refractivity contribution >= 4 is 5.90 Å². The average molecular weight is 167 g/mol. The summed E-state index contributed by atoms with van der Waals surface area (Å²) in [6, 6.07) is 0. The summed E-state index contributed by atoms with van der Waals surface area (Å²) in [6.07, 6.45) is 2.38. The number of ether oxygens (including phenoxy) is 1. The highest BCUT2D eigenvalue weighted by Gasteiger charge is 2.50. The quantitative estimate of drug-likeness (QED) is 0.542. The second kappa shape index (κ2) is 2.48. The molecule has 1 aliphatic heterocycles. The molecule has 2 aliphatic rings. The Bertz CT molecular complexity index is 224. The van der Waals surface area contributed by atoms with Gasteiger partial charge in [0.1, 0.15) is 0 Å². The maximum absolute atomic E-state index is 5.34. The molecule has 0 aromatic heterocycles. The minimum Gasteiger partial charge on any atom is -0.481 e. The third-order valence-corrected chi connectivity index (χ3v) is 3.60. The Hall–Kier alpha value is -0.530. The molecule has 1 spiro atoms. The number of hydrogen-bond acceptors (Lipinski definition) is 2. The van der Waals surface area contributed by atoms with Crippen LogP contribution in [0.2, 0.25) is 0 Å². The van der Waals surface area contributed by atoms with Crippen LogP contribution in [0, 0.1) is 11.8 Å². The van der Waals surface area contributed by atoms with Crippen molar-refractivity contribution in [2.75, 3.05) is 6.61 Å². The lowest BCUT2D eigenvalue weighted by atomic mass is 9.59. The summed E-state index contributed by atoms with van der Waals surface area (Å²) < 4.78 is 5.34. The van der Waals surface area contributed by atoms with E-state index in [0.717, 1.165) is 30.8 Å². The van der Waals surface area contributed by atoms with Crippen LogP contribution >= 0.6 is 0 Å². The molecule has 0 N–H and O–H groups in total. The molecule has 1 saturated carbocycles. The van der Waals surface area contributed by atoms with Gasteiger partial charge in [-0.05, 0) is 18.3 Å². The van der Waals surface area contributed by atoms with Gasteiger partial charge >= 0.3 is 0 Å². The lowest BCUT2D eigenvalue weighted by molar-refractivity contribution is 0.0289. The van der Waals surface area contributed by atoms with Crippen molar-refractivity contribution in [3.8, 4) is 0 Å². The highest BCUT2D eigenvalue weighted by atomic mass is 16.5. The zero-order chi connectivity index (χ0) is 8.77. The molecule has 0 amide bonds. The molecule has 0 saturated heterocycles. The predicted molar refractivity (Wildman–Crippen MR) is 49.4 cm³/mol. The van der Waals surface area contributed by atoms with E-state index in [4.69, 9.17) is 4.74 Å². The molecule has 68 valence electrons. The minimum absolute atomic E-state index is 0.266. The molecule has 1 heterocycles. The van der Waals surface area contributed by atoms with Crippen molar-refractivity contribution in [3.63, 3.8) is 0 Å². The first kappa shape index (κ1) is 8.09. The van der Waals surface area contributed by atoms with Crippen LogP contribution in [0.15, 0.2) is 4.99 Å². The van der Waals surface area contributed by atoms with E-state index < -0.39 is 0 Å². The summed E-state index contributed by atoms with van der Waals surface area (Å²) in [4.78, 5) is 4.65. The van der Waals surface area contributed by atoms with Crippen LogP contribution in [0.3, 0.4) is 0 Å². The summed E-state index contributed by atoms with van der Waals surface area (Å²) in [5.74, 6) is 2.48. The summed E-state index contributed by atoms with van der Waals surface area (Å²) in [5, 5.41) is 0. The monoisotopic (exact) mass is 167 g/mol. The van der Waals surface area contributed by atoms with Crippen molar-refractivity contribution in [3.05, 3.63) is 0 Å². The molecule has 0 aromatic rings. The summed E-state index contributed by atoms with van der Waals surface area (Å²) >= 11 is 0. The third-order valence-electron chi connectivity index (χ3n) is 3.60. The number of hydrogen-bond donors (Lipinski definition) is 0. The lowest BCUT2D eigenvalue weighted by Crippen LogP contribution is -2.52. The molecule has 12 heavy (non-hydrogen) atoms. The van der Waals surface area contributed by atoms with Gasteiger partial charge in [0.15, 0.2) is 5.90 Å². The summed E-state index contributed by atoms with van der Waals surface area (Å²) in [5.41, 5.74) is 0.266. The van der Waals surface area contributed by atoms with Crippen molar-refractivity contribution in [1.29, 1.82) is 0 Å². The van der Waals surface area contributed by atoms with Gasteiger partial charge in [0.2, 0.25) is 0 Å². The van der Waals surface area contributed by atoms with Crippen molar-refractivity contribution in [1.82, 2.24) is 0 Å². The Morgan fingerprint density at radius 3 is 2.75 bits per heavy atom. The van der Waals surface area contributed by atoms with E-state index in [2.05, 4.69) is 18.8 Å². The Kier molecular flexibility index (Phi) is 1.67. The van der Waals surface area contributed by atoms with Crippen LogP contribution in [0.25, 0.3) is 0 Å². The molecule has 1 fully saturated rings. The van der Waals surface area contributed by atoms with Gasteiger partial charge in [-0.1, -0.05) is 13.8 Å². The molecule has 2 nitrogen and oxygen atoms in total. The number of aliphatic imine (C=N–C) groups is 1. The van der Waals surface area contributed by atoms with Crippen LogP contribution in [-0.4, -0.2) is 18.0 Å². The summed E-state index contributed by atoms with van der Waals surface area (Å²) in [7, 11) is 0. The van der Waals surface area contributed by atoms with E-state index in [0.29, 0.717) is 0 Å². The van der Waals surface area contributed by atoms with E-state index in [1.54, 1.807) is 0 Å². The molecule has 3 atom stereocenters. The van der Waals surface area contributed by atoms with E-state index in [1.807, 2.05) is 6.92 Å². The topological polar surface area (TPSA) is 21.6 Å². The highest BCUT2D eigenvalue weighted by molar-refractivity contribution is 5.74. The maximum atomic E-state index is 5.34. The lowest BCUT2D eigenvalue weighted by Gasteiger charge is -2.51. The highest BCUT2D eigenvalue weighted by Crippen LogP contribution is 2.49. The largest absolute Gasteiger partial charge is 0.481 e. The van der Waals surface area contributed by atoms with Gasteiger partial charge in [0.25, 0.3) is 0 Å². The maximum Gasteiger partial charge on any atom is 0.180 e. The van der Waals surface area contributed by atoms with E-state index >= 15 is 0 Å².